The third-order valence-electron chi connectivity index (χ3n) is 4.47. The molecule has 132 valence electrons. The third-order valence-corrected chi connectivity index (χ3v) is 4.47. The number of carbonyl (C=O) groups excluding carboxylic acids is 2. The van der Waals surface area contributed by atoms with Crippen LogP contribution in [0.25, 0.3) is 0 Å². The number of anilines is 1. The lowest BCUT2D eigenvalue weighted by atomic mass is 10.0. The van der Waals surface area contributed by atoms with Gasteiger partial charge in [-0.2, -0.15) is 0 Å². The Morgan fingerprint density at radius 3 is 2.25 bits per heavy atom. The van der Waals surface area contributed by atoms with Gasteiger partial charge in [0.15, 0.2) is 0 Å². The van der Waals surface area contributed by atoms with E-state index in [1.54, 1.807) is 0 Å². The molecule has 24 heavy (non-hydrogen) atoms. The Hall–Kier alpha value is -1.88. The van der Waals surface area contributed by atoms with Crippen LogP contribution in [0.2, 0.25) is 0 Å². The Kier molecular flexibility index (Phi) is 5.99. The van der Waals surface area contributed by atoms with Crippen molar-refractivity contribution < 1.29 is 9.59 Å². The van der Waals surface area contributed by atoms with Gasteiger partial charge in [-0.25, -0.2) is 0 Å². The third kappa shape index (κ3) is 4.81. The molecule has 0 bridgehead atoms. The van der Waals surface area contributed by atoms with E-state index in [2.05, 4.69) is 27.7 Å². The van der Waals surface area contributed by atoms with Gasteiger partial charge in [-0.3, -0.25) is 9.59 Å². The SMILES string of the molecule is Cc1cc(C)c(NC(=O)C2CC2C(=O)NCCCN(C)C)c(C)c1. The summed E-state index contributed by atoms with van der Waals surface area (Å²) in [7, 11) is 4.02. The Morgan fingerprint density at radius 1 is 1.08 bits per heavy atom. The van der Waals surface area contributed by atoms with Gasteiger partial charge in [0.25, 0.3) is 0 Å². The van der Waals surface area contributed by atoms with Gasteiger partial charge < -0.3 is 15.5 Å². The molecule has 0 saturated heterocycles. The molecule has 1 fully saturated rings. The highest BCUT2D eigenvalue weighted by atomic mass is 16.2. The van der Waals surface area contributed by atoms with Crippen LogP contribution in [0.15, 0.2) is 12.1 Å². The fraction of sp³-hybridized carbons (Fsp3) is 0.579. The smallest absolute Gasteiger partial charge is 0.228 e. The summed E-state index contributed by atoms with van der Waals surface area (Å²) in [5.74, 6) is -0.404. The zero-order valence-corrected chi connectivity index (χ0v) is 15.4. The number of aryl methyl sites for hydroxylation is 3. The van der Waals surface area contributed by atoms with Crippen molar-refractivity contribution in [1.82, 2.24) is 10.2 Å². The first-order valence-electron chi connectivity index (χ1n) is 8.60. The molecular formula is C19H29N3O2. The minimum absolute atomic E-state index is 0.00579. The summed E-state index contributed by atoms with van der Waals surface area (Å²) in [6, 6.07) is 4.12. The number of nitrogens with one attached hydrogen (secondary N) is 2. The molecule has 1 aliphatic rings. The van der Waals surface area contributed by atoms with Crippen LogP contribution in [-0.2, 0) is 9.59 Å². The summed E-state index contributed by atoms with van der Waals surface area (Å²) >= 11 is 0. The molecule has 0 radical (unpaired) electrons. The maximum Gasteiger partial charge on any atom is 0.228 e. The van der Waals surface area contributed by atoms with Crippen molar-refractivity contribution in [2.75, 3.05) is 32.5 Å². The van der Waals surface area contributed by atoms with Gasteiger partial charge in [0.05, 0.1) is 11.8 Å². The Balaban J connectivity index is 1.82. The summed E-state index contributed by atoms with van der Waals surface area (Å²) < 4.78 is 0. The first kappa shape index (κ1) is 18.5. The van der Waals surface area contributed by atoms with Crippen molar-refractivity contribution in [2.45, 2.75) is 33.6 Å². The maximum atomic E-state index is 12.4. The summed E-state index contributed by atoms with van der Waals surface area (Å²) in [6.07, 6.45) is 1.57. The van der Waals surface area contributed by atoms with Crippen molar-refractivity contribution in [3.63, 3.8) is 0 Å². The molecule has 1 aliphatic carbocycles. The Morgan fingerprint density at radius 2 is 1.67 bits per heavy atom. The van der Waals surface area contributed by atoms with Gasteiger partial charge in [-0.05, 0) is 65.4 Å². The molecule has 0 spiro atoms. The second-order valence-electron chi connectivity index (χ2n) is 7.16. The highest BCUT2D eigenvalue weighted by molar-refractivity contribution is 6.00. The minimum Gasteiger partial charge on any atom is -0.356 e. The highest BCUT2D eigenvalue weighted by Crippen LogP contribution is 2.40. The van der Waals surface area contributed by atoms with Crippen molar-refractivity contribution in [3.05, 3.63) is 28.8 Å². The largest absolute Gasteiger partial charge is 0.356 e. The van der Waals surface area contributed by atoms with E-state index < -0.39 is 0 Å². The molecule has 1 aromatic carbocycles. The predicted molar refractivity (Wildman–Crippen MR) is 97.1 cm³/mol. The molecule has 5 nitrogen and oxygen atoms in total. The van der Waals surface area contributed by atoms with Gasteiger partial charge in [0, 0.05) is 12.2 Å². The fourth-order valence-corrected chi connectivity index (χ4v) is 3.11. The fourth-order valence-electron chi connectivity index (χ4n) is 3.11. The first-order valence-corrected chi connectivity index (χ1v) is 8.60. The van der Waals surface area contributed by atoms with E-state index in [9.17, 15) is 9.59 Å². The van der Waals surface area contributed by atoms with Crippen LogP contribution in [0.1, 0.15) is 29.5 Å². The van der Waals surface area contributed by atoms with Crippen molar-refractivity contribution >= 4 is 17.5 Å². The zero-order valence-electron chi connectivity index (χ0n) is 15.4. The first-order chi connectivity index (χ1) is 11.3. The van der Waals surface area contributed by atoms with E-state index in [0.717, 1.165) is 29.8 Å². The van der Waals surface area contributed by atoms with Gasteiger partial charge in [-0.15, -0.1) is 0 Å². The van der Waals surface area contributed by atoms with Crippen LogP contribution >= 0.6 is 0 Å². The quantitative estimate of drug-likeness (QED) is 0.754. The molecule has 5 heteroatoms. The van der Waals surface area contributed by atoms with Crippen LogP contribution in [-0.4, -0.2) is 43.9 Å². The van der Waals surface area contributed by atoms with E-state index in [1.165, 1.54) is 5.56 Å². The average molecular weight is 331 g/mol. The lowest BCUT2D eigenvalue weighted by molar-refractivity contribution is -0.125. The molecule has 0 heterocycles. The van der Waals surface area contributed by atoms with Crippen molar-refractivity contribution in [1.29, 1.82) is 0 Å². The van der Waals surface area contributed by atoms with E-state index in [0.29, 0.717) is 13.0 Å². The summed E-state index contributed by atoms with van der Waals surface area (Å²) in [6.45, 7) is 7.65. The summed E-state index contributed by atoms with van der Waals surface area (Å²) in [5, 5.41) is 5.94. The normalized spacial score (nSPS) is 19.2. The molecule has 2 N–H and O–H groups in total. The zero-order chi connectivity index (χ0) is 17.9. The second kappa shape index (κ2) is 7.79. The topological polar surface area (TPSA) is 61.4 Å². The number of benzene rings is 1. The average Bonchev–Trinajstić information content (AvgIpc) is 3.27. The van der Waals surface area contributed by atoms with Crippen LogP contribution in [0.4, 0.5) is 5.69 Å². The number of hydrogen-bond acceptors (Lipinski definition) is 3. The van der Waals surface area contributed by atoms with Gasteiger partial charge in [0.2, 0.25) is 11.8 Å². The number of hydrogen-bond donors (Lipinski definition) is 2. The van der Waals surface area contributed by atoms with Crippen molar-refractivity contribution in [2.24, 2.45) is 11.8 Å². The minimum atomic E-state index is -0.195. The van der Waals surface area contributed by atoms with Gasteiger partial charge in [-0.1, -0.05) is 17.7 Å². The molecule has 2 amide bonds. The molecule has 2 unspecified atom stereocenters. The van der Waals surface area contributed by atoms with Crippen LogP contribution < -0.4 is 10.6 Å². The molecule has 1 aromatic rings. The second-order valence-corrected chi connectivity index (χ2v) is 7.16. The highest BCUT2D eigenvalue weighted by Gasteiger charge is 2.48. The Bertz CT molecular complexity index is 602. The van der Waals surface area contributed by atoms with Gasteiger partial charge >= 0.3 is 0 Å². The molecular weight excluding hydrogens is 302 g/mol. The lowest BCUT2D eigenvalue weighted by Crippen LogP contribution is -2.30. The number of rotatable bonds is 7. The summed E-state index contributed by atoms with van der Waals surface area (Å²) in [4.78, 5) is 26.6. The molecule has 0 aromatic heterocycles. The summed E-state index contributed by atoms with van der Waals surface area (Å²) in [5.41, 5.74) is 4.18. The molecule has 1 saturated carbocycles. The molecule has 2 rings (SSSR count). The standard InChI is InChI=1S/C19H29N3O2/c1-12-9-13(2)17(14(3)10-12)21-19(24)16-11-15(16)18(23)20-7-6-8-22(4)5/h9-10,15-16H,6-8,11H2,1-5H3,(H,20,23)(H,21,24). The monoisotopic (exact) mass is 331 g/mol. The lowest BCUT2D eigenvalue weighted by Gasteiger charge is -2.13. The van der Waals surface area contributed by atoms with Crippen LogP contribution in [0, 0.1) is 32.6 Å². The Labute approximate surface area is 144 Å². The van der Waals surface area contributed by atoms with E-state index in [4.69, 9.17) is 0 Å². The number of nitrogens with zero attached hydrogens (tertiary/aromatic N) is 1. The molecule has 2 atom stereocenters. The number of amides is 2. The predicted octanol–water partition coefficient (Wildman–Crippen LogP) is 2.25. The maximum absolute atomic E-state index is 12.4. The van der Waals surface area contributed by atoms with E-state index >= 15 is 0 Å². The molecule has 0 aliphatic heterocycles. The van der Waals surface area contributed by atoms with E-state index in [1.807, 2.05) is 34.9 Å². The van der Waals surface area contributed by atoms with Crippen LogP contribution in [0.3, 0.4) is 0 Å². The van der Waals surface area contributed by atoms with E-state index in [-0.39, 0.29) is 23.7 Å². The van der Waals surface area contributed by atoms with Gasteiger partial charge in [0.1, 0.15) is 0 Å². The number of carbonyl (C=O) groups is 2. The van der Waals surface area contributed by atoms with Crippen molar-refractivity contribution in [3.8, 4) is 0 Å². The van der Waals surface area contributed by atoms with Crippen LogP contribution in [0.5, 0.6) is 0 Å².